The van der Waals surface area contributed by atoms with Gasteiger partial charge in [-0.3, -0.25) is 4.68 Å². The Kier molecular flexibility index (Phi) is 6.71. The lowest BCUT2D eigenvalue weighted by molar-refractivity contribution is -0.137. The van der Waals surface area contributed by atoms with Gasteiger partial charge in [0.1, 0.15) is 0 Å². The Balaban J connectivity index is 3.13. The summed E-state index contributed by atoms with van der Waals surface area (Å²) in [6, 6.07) is 0.166. The Morgan fingerprint density at radius 2 is 1.81 bits per heavy atom. The number of nitrogens with one attached hydrogen (secondary N) is 1. The first-order chi connectivity index (χ1) is 9.87. The van der Waals surface area contributed by atoms with Gasteiger partial charge in [-0.2, -0.15) is 18.3 Å². The molecule has 1 unspecified atom stereocenters. The minimum absolute atomic E-state index is 0.0950. The van der Waals surface area contributed by atoms with Crippen LogP contribution < -0.4 is 5.32 Å². The predicted octanol–water partition coefficient (Wildman–Crippen LogP) is 4.02. The first-order valence-electron chi connectivity index (χ1n) is 7.76. The van der Waals surface area contributed by atoms with Gasteiger partial charge in [0.15, 0.2) is 0 Å². The van der Waals surface area contributed by atoms with E-state index in [1.807, 2.05) is 20.8 Å². The van der Waals surface area contributed by atoms with Gasteiger partial charge in [-0.25, -0.2) is 0 Å². The van der Waals surface area contributed by atoms with Gasteiger partial charge in [0.2, 0.25) is 0 Å². The van der Waals surface area contributed by atoms with E-state index in [4.69, 9.17) is 0 Å². The van der Waals surface area contributed by atoms with Crippen LogP contribution in [0.25, 0.3) is 0 Å². The highest BCUT2D eigenvalue weighted by Gasteiger charge is 2.28. The molecule has 0 saturated heterocycles. The molecule has 1 heterocycles. The average molecular weight is 305 g/mol. The van der Waals surface area contributed by atoms with E-state index in [2.05, 4.69) is 17.3 Å². The van der Waals surface area contributed by atoms with Gasteiger partial charge in [0.25, 0.3) is 0 Å². The van der Waals surface area contributed by atoms with Crippen molar-refractivity contribution >= 4 is 0 Å². The zero-order valence-corrected chi connectivity index (χ0v) is 13.3. The fourth-order valence-corrected chi connectivity index (χ4v) is 2.72. The Bertz CT molecular complexity index is 438. The van der Waals surface area contributed by atoms with Crippen LogP contribution >= 0.6 is 0 Å². The van der Waals surface area contributed by atoms with E-state index in [0.29, 0.717) is 6.42 Å². The zero-order chi connectivity index (χ0) is 16.0. The van der Waals surface area contributed by atoms with Gasteiger partial charge in [-0.05, 0) is 25.8 Å². The van der Waals surface area contributed by atoms with Gasteiger partial charge < -0.3 is 5.32 Å². The van der Waals surface area contributed by atoms with E-state index in [0.717, 1.165) is 36.3 Å². The second kappa shape index (κ2) is 7.82. The van der Waals surface area contributed by atoms with Crippen LogP contribution in [0.3, 0.4) is 0 Å². The molecule has 0 fully saturated rings. The van der Waals surface area contributed by atoms with E-state index in [9.17, 15) is 13.2 Å². The molecule has 0 radical (unpaired) electrons. The van der Waals surface area contributed by atoms with E-state index in [1.165, 1.54) is 0 Å². The summed E-state index contributed by atoms with van der Waals surface area (Å²) in [7, 11) is 0. The van der Waals surface area contributed by atoms with Crippen LogP contribution in [0.1, 0.15) is 63.5 Å². The third-order valence-electron chi connectivity index (χ3n) is 3.66. The molecule has 0 aliphatic rings. The maximum absolute atomic E-state index is 12.5. The van der Waals surface area contributed by atoms with Crippen molar-refractivity contribution in [3.05, 3.63) is 17.0 Å². The molecule has 0 aliphatic heterocycles. The lowest BCUT2D eigenvalue weighted by atomic mass is 9.99. The molecule has 1 N–H and O–H groups in total. The number of rotatable bonds is 8. The molecule has 6 heteroatoms. The topological polar surface area (TPSA) is 29.9 Å². The minimum Gasteiger partial charge on any atom is -0.310 e. The molecular weight excluding hydrogens is 279 g/mol. The summed E-state index contributed by atoms with van der Waals surface area (Å²) in [4.78, 5) is 0. The molecule has 1 atom stereocenters. The maximum Gasteiger partial charge on any atom is 0.390 e. The van der Waals surface area contributed by atoms with Crippen molar-refractivity contribution in [2.45, 2.75) is 72.1 Å². The lowest BCUT2D eigenvalue weighted by Gasteiger charge is -2.18. The zero-order valence-electron chi connectivity index (χ0n) is 13.3. The number of hydrogen-bond donors (Lipinski definition) is 1. The molecule has 21 heavy (non-hydrogen) atoms. The van der Waals surface area contributed by atoms with Crippen molar-refractivity contribution in [2.75, 3.05) is 6.54 Å². The van der Waals surface area contributed by atoms with E-state index in [-0.39, 0.29) is 12.6 Å². The van der Waals surface area contributed by atoms with E-state index < -0.39 is 12.6 Å². The Labute approximate surface area is 124 Å². The summed E-state index contributed by atoms with van der Waals surface area (Å²) >= 11 is 0. The largest absolute Gasteiger partial charge is 0.390 e. The van der Waals surface area contributed by atoms with Gasteiger partial charge >= 0.3 is 6.18 Å². The second-order valence-electron chi connectivity index (χ2n) is 5.12. The molecule has 0 saturated carbocycles. The van der Waals surface area contributed by atoms with Crippen LogP contribution in [-0.4, -0.2) is 22.5 Å². The summed E-state index contributed by atoms with van der Waals surface area (Å²) in [5.41, 5.74) is 2.96. The molecule has 0 aromatic carbocycles. The van der Waals surface area contributed by atoms with Crippen LogP contribution in [0, 0.1) is 0 Å². The first-order valence-corrected chi connectivity index (χ1v) is 7.76. The van der Waals surface area contributed by atoms with Gasteiger partial charge in [0, 0.05) is 23.8 Å². The Hall–Kier alpha value is -1.04. The van der Waals surface area contributed by atoms with Crippen LogP contribution in [0.15, 0.2) is 0 Å². The van der Waals surface area contributed by atoms with E-state index >= 15 is 0 Å². The normalized spacial score (nSPS) is 13.7. The molecule has 0 spiro atoms. The van der Waals surface area contributed by atoms with Crippen LogP contribution in [-0.2, 0) is 19.4 Å². The van der Waals surface area contributed by atoms with Gasteiger partial charge in [-0.1, -0.05) is 27.7 Å². The summed E-state index contributed by atoms with van der Waals surface area (Å²) in [5.74, 6) is 0. The van der Waals surface area contributed by atoms with Crippen LogP contribution in [0.5, 0.6) is 0 Å². The van der Waals surface area contributed by atoms with Crippen molar-refractivity contribution in [1.29, 1.82) is 0 Å². The van der Waals surface area contributed by atoms with Crippen LogP contribution in [0.4, 0.5) is 13.2 Å². The molecule has 3 nitrogen and oxygen atoms in total. The maximum atomic E-state index is 12.5. The summed E-state index contributed by atoms with van der Waals surface area (Å²) in [6.45, 7) is 8.83. The third-order valence-corrected chi connectivity index (χ3v) is 3.66. The summed E-state index contributed by atoms with van der Waals surface area (Å²) in [5, 5.41) is 7.84. The highest BCUT2D eigenvalue weighted by atomic mass is 19.4. The number of halogens is 3. The Morgan fingerprint density at radius 1 is 1.14 bits per heavy atom. The van der Waals surface area contributed by atoms with Crippen LogP contribution in [0.2, 0.25) is 0 Å². The highest BCUT2D eigenvalue weighted by Crippen LogP contribution is 2.28. The van der Waals surface area contributed by atoms with Crippen molar-refractivity contribution in [3.63, 3.8) is 0 Å². The van der Waals surface area contributed by atoms with Crippen molar-refractivity contribution < 1.29 is 13.2 Å². The number of aryl methyl sites for hydroxylation is 2. The first kappa shape index (κ1) is 18.0. The summed E-state index contributed by atoms with van der Waals surface area (Å²) in [6.07, 6.45) is -2.64. The molecule has 0 bridgehead atoms. The minimum atomic E-state index is -4.14. The number of aromatic nitrogens is 2. The number of hydrogen-bond acceptors (Lipinski definition) is 2. The molecule has 1 aromatic heterocycles. The predicted molar refractivity (Wildman–Crippen MR) is 78.4 cm³/mol. The molecule has 1 aromatic rings. The van der Waals surface area contributed by atoms with Crippen molar-refractivity contribution in [2.24, 2.45) is 0 Å². The number of nitrogens with zero attached hydrogens (tertiary/aromatic N) is 2. The smallest absolute Gasteiger partial charge is 0.310 e. The second-order valence-corrected chi connectivity index (χ2v) is 5.12. The van der Waals surface area contributed by atoms with Crippen molar-refractivity contribution in [1.82, 2.24) is 15.1 Å². The third kappa shape index (κ3) is 4.73. The quantitative estimate of drug-likeness (QED) is 0.786. The fraction of sp³-hybridized carbons (Fsp3) is 0.800. The molecular formula is C15H26F3N3. The highest BCUT2D eigenvalue weighted by molar-refractivity contribution is 5.30. The van der Waals surface area contributed by atoms with Gasteiger partial charge in [0.05, 0.1) is 12.1 Å². The fourth-order valence-electron chi connectivity index (χ4n) is 2.72. The van der Waals surface area contributed by atoms with E-state index in [1.54, 1.807) is 4.68 Å². The number of alkyl halides is 3. The molecule has 122 valence electrons. The Morgan fingerprint density at radius 3 is 2.24 bits per heavy atom. The summed E-state index contributed by atoms with van der Waals surface area (Å²) < 4.78 is 38.9. The monoisotopic (exact) mass is 305 g/mol. The molecule has 0 amide bonds. The van der Waals surface area contributed by atoms with Crippen molar-refractivity contribution in [3.8, 4) is 0 Å². The average Bonchev–Trinajstić information content (AvgIpc) is 2.79. The standard InChI is InChI=1S/C15H26F3N3/c1-5-11(19-8-4)14-12(6-2)20-21(13(14)7-3)10-9-15(16,17)18/h11,19H,5-10H2,1-4H3. The SMILES string of the molecule is CCNC(CC)c1c(CC)nn(CCC(F)(F)F)c1CC. The van der Waals surface area contributed by atoms with Gasteiger partial charge in [-0.15, -0.1) is 0 Å². The molecule has 0 aliphatic carbocycles. The molecule has 1 rings (SSSR count). The lowest BCUT2D eigenvalue weighted by Crippen LogP contribution is -2.22.